The maximum Gasteiger partial charge on any atom is 0.337 e. The Hall–Kier alpha value is -2.73. The summed E-state index contributed by atoms with van der Waals surface area (Å²) in [4.78, 5) is 13.8. The van der Waals surface area contributed by atoms with E-state index in [0.717, 1.165) is 47.4 Å². The standard InChI is InChI=1S/C24H26F2N2O2/c1-16-21(13-17-3-5-18(6-4-17)24(29)30-2)22-14-19(25)7-8-23(22)28(16)12-11-27-10-9-20(26)15-27/h3-8,14,20H,9-13,15H2,1-2H3/t20-/m0/s1. The van der Waals surface area contributed by atoms with Gasteiger partial charge < -0.3 is 9.30 Å². The molecule has 1 aliphatic heterocycles. The van der Waals surface area contributed by atoms with Gasteiger partial charge in [-0.15, -0.1) is 0 Å². The lowest BCUT2D eigenvalue weighted by Gasteiger charge is -2.17. The lowest BCUT2D eigenvalue weighted by Crippen LogP contribution is -2.25. The normalized spacial score (nSPS) is 17.0. The summed E-state index contributed by atoms with van der Waals surface area (Å²) >= 11 is 0. The summed E-state index contributed by atoms with van der Waals surface area (Å²) in [5, 5.41) is 0.898. The summed E-state index contributed by atoms with van der Waals surface area (Å²) in [7, 11) is 1.36. The smallest absolute Gasteiger partial charge is 0.337 e. The minimum absolute atomic E-state index is 0.262. The molecule has 1 saturated heterocycles. The molecule has 1 fully saturated rings. The van der Waals surface area contributed by atoms with Gasteiger partial charge in [0.05, 0.1) is 12.7 Å². The topological polar surface area (TPSA) is 34.5 Å². The van der Waals surface area contributed by atoms with Crippen molar-refractivity contribution in [3.05, 3.63) is 70.7 Å². The second-order valence-corrected chi connectivity index (χ2v) is 7.93. The van der Waals surface area contributed by atoms with Crippen molar-refractivity contribution in [3.8, 4) is 0 Å². The Labute approximate surface area is 175 Å². The van der Waals surface area contributed by atoms with E-state index in [-0.39, 0.29) is 11.8 Å². The molecule has 4 nitrogen and oxygen atoms in total. The number of rotatable bonds is 6. The fourth-order valence-electron chi connectivity index (χ4n) is 4.35. The van der Waals surface area contributed by atoms with Crippen LogP contribution >= 0.6 is 0 Å². The lowest BCUT2D eigenvalue weighted by atomic mass is 10.0. The number of benzene rings is 2. The molecule has 2 aromatic carbocycles. The van der Waals surface area contributed by atoms with Crippen LogP contribution in [0.3, 0.4) is 0 Å². The molecule has 0 unspecified atom stereocenters. The highest BCUT2D eigenvalue weighted by atomic mass is 19.1. The van der Waals surface area contributed by atoms with E-state index in [9.17, 15) is 13.6 Å². The first-order valence-electron chi connectivity index (χ1n) is 10.3. The monoisotopic (exact) mass is 412 g/mol. The zero-order valence-corrected chi connectivity index (χ0v) is 17.3. The molecule has 0 aliphatic carbocycles. The van der Waals surface area contributed by atoms with Crippen molar-refractivity contribution >= 4 is 16.9 Å². The van der Waals surface area contributed by atoms with Crippen molar-refractivity contribution in [1.29, 1.82) is 0 Å². The van der Waals surface area contributed by atoms with Gasteiger partial charge in [0.25, 0.3) is 0 Å². The lowest BCUT2D eigenvalue weighted by molar-refractivity contribution is 0.0600. The fourth-order valence-corrected chi connectivity index (χ4v) is 4.35. The van der Waals surface area contributed by atoms with E-state index in [2.05, 4.69) is 16.4 Å². The van der Waals surface area contributed by atoms with E-state index in [1.807, 2.05) is 18.2 Å². The first-order chi connectivity index (χ1) is 14.5. The van der Waals surface area contributed by atoms with Crippen molar-refractivity contribution in [2.24, 2.45) is 0 Å². The zero-order valence-electron chi connectivity index (χ0n) is 17.3. The number of likely N-dealkylation sites (tertiary alicyclic amines) is 1. The van der Waals surface area contributed by atoms with Gasteiger partial charge >= 0.3 is 5.97 Å². The number of carbonyl (C=O) groups is 1. The maximum atomic E-state index is 14.0. The fraction of sp³-hybridized carbons (Fsp3) is 0.375. The second-order valence-electron chi connectivity index (χ2n) is 7.93. The largest absolute Gasteiger partial charge is 0.465 e. The molecule has 3 aromatic rings. The van der Waals surface area contributed by atoms with Gasteiger partial charge in [-0.1, -0.05) is 12.1 Å². The highest BCUT2D eigenvalue weighted by molar-refractivity contribution is 5.89. The molecule has 6 heteroatoms. The predicted molar refractivity (Wildman–Crippen MR) is 113 cm³/mol. The summed E-state index contributed by atoms with van der Waals surface area (Å²) in [6, 6.07) is 12.2. The van der Waals surface area contributed by atoms with Crippen molar-refractivity contribution in [2.45, 2.75) is 32.5 Å². The van der Waals surface area contributed by atoms with Crippen LogP contribution in [0.5, 0.6) is 0 Å². The molecule has 1 aliphatic rings. The summed E-state index contributed by atoms with van der Waals surface area (Å²) in [5.41, 5.74) is 4.69. The van der Waals surface area contributed by atoms with Crippen LogP contribution in [0.4, 0.5) is 8.78 Å². The summed E-state index contributed by atoms with van der Waals surface area (Å²) in [6.45, 7) is 4.84. The number of esters is 1. The van der Waals surface area contributed by atoms with E-state index >= 15 is 0 Å². The number of fused-ring (bicyclic) bond motifs is 1. The van der Waals surface area contributed by atoms with Crippen molar-refractivity contribution in [3.63, 3.8) is 0 Å². The average Bonchev–Trinajstić information content (AvgIpc) is 3.27. The second kappa shape index (κ2) is 8.56. The molecule has 4 rings (SSSR count). The van der Waals surface area contributed by atoms with E-state index in [4.69, 9.17) is 4.74 Å². The van der Waals surface area contributed by atoms with Crippen LogP contribution < -0.4 is 0 Å². The Kier molecular flexibility index (Phi) is 5.86. The third kappa shape index (κ3) is 4.10. The summed E-state index contributed by atoms with van der Waals surface area (Å²) < 4.78 is 34.5. The van der Waals surface area contributed by atoms with Gasteiger partial charge in [0.15, 0.2) is 0 Å². The van der Waals surface area contributed by atoms with Crippen molar-refractivity contribution in [1.82, 2.24) is 9.47 Å². The van der Waals surface area contributed by atoms with Crippen molar-refractivity contribution in [2.75, 3.05) is 26.7 Å². The van der Waals surface area contributed by atoms with Gasteiger partial charge in [-0.3, -0.25) is 4.90 Å². The molecule has 0 bridgehead atoms. The number of aromatic nitrogens is 1. The van der Waals surface area contributed by atoms with Crippen LogP contribution in [0.15, 0.2) is 42.5 Å². The zero-order chi connectivity index (χ0) is 21.3. The Morgan fingerprint density at radius 3 is 2.60 bits per heavy atom. The van der Waals surface area contributed by atoms with Crippen LogP contribution in [0.2, 0.25) is 0 Å². The van der Waals surface area contributed by atoms with E-state index in [1.165, 1.54) is 13.2 Å². The summed E-state index contributed by atoms with van der Waals surface area (Å²) in [6.07, 6.45) is 0.505. The molecule has 2 heterocycles. The third-order valence-electron chi connectivity index (χ3n) is 6.03. The molecule has 0 amide bonds. The van der Waals surface area contributed by atoms with Crippen LogP contribution in [0.25, 0.3) is 10.9 Å². The third-order valence-corrected chi connectivity index (χ3v) is 6.03. The van der Waals surface area contributed by atoms with Gasteiger partial charge in [0, 0.05) is 42.8 Å². The van der Waals surface area contributed by atoms with Gasteiger partial charge in [-0.05, 0) is 61.2 Å². The molecule has 1 aromatic heterocycles. The number of hydrogen-bond donors (Lipinski definition) is 0. The average molecular weight is 412 g/mol. The van der Waals surface area contributed by atoms with E-state index < -0.39 is 6.17 Å². The molecule has 30 heavy (non-hydrogen) atoms. The van der Waals surface area contributed by atoms with Crippen LogP contribution in [0, 0.1) is 12.7 Å². The number of methoxy groups -OCH3 is 1. The van der Waals surface area contributed by atoms with Gasteiger partial charge in [0.1, 0.15) is 12.0 Å². The highest BCUT2D eigenvalue weighted by Gasteiger charge is 2.22. The molecular formula is C24H26F2N2O2. The van der Waals surface area contributed by atoms with Gasteiger partial charge in [-0.25, -0.2) is 13.6 Å². The molecule has 0 saturated carbocycles. The van der Waals surface area contributed by atoms with Gasteiger partial charge in [-0.2, -0.15) is 0 Å². The Morgan fingerprint density at radius 2 is 1.93 bits per heavy atom. The quantitative estimate of drug-likeness (QED) is 0.559. The molecule has 0 N–H and O–H groups in total. The molecule has 1 atom stereocenters. The number of carbonyl (C=O) groups excluding carboxylic acids is 1. The first kappa shape index (κ1) is 20.5. The number of hydrogen-bond acceptors (Lipinski definition) is 3. The number of nitrogens with zero attached hydrogens (tertiary/aromatic N) is 2. The molecule has 0 spiro atoms. The number of ether oxygens (including phenoxy) is 1. The molecular weight excluding hydrogens is 386 g/mol. The van der Waals surface area contributed by atoms with Crippen LogP contribution in [-0.2, 0) is 17.7 Å². The summed E-state index contributed by atoms with van der Waals surface area (Å²) in [5.74, 6) is -0.629. The van der Waals surface area contributed by atoms with E-state index in [1.54, 1.807) is 18.2 Å². The first-order valence-corrected chi connectivity index (χ1v) is 10.3. The predicted octanol–water partition coefficient (Wildman–Crippen LogP) is 4.51. The number of alkyl halides is 1. The minimum atomic E-state index is -0.731. The van der Waals surface area contributed by atoms with E-state index in [0.29, 0.717) is 24.9 Å². The maximum absolute atomic E-state index is 14.0. The number of halogens is 2. The van der Waals surface area contributed by atoms with Gasteiger partial charge in [0.2, 0.25) is 0 Å². The van der Waals surface area contributed by atoms with Crippen molar-refractivity contribution < 1.29 is 18.3 Å². The Bertz CT molecular complexity index is 1060. The minimum Gasteiger partial charge on any atom is -0.465 e. The van der Waals surface area contributed by atoms with Crippen LogP contribution in [-0.4, -0.2) is 48.4 Å². The molecule has 0 radical (unpaired) electrons. The van der Waals surface area contributed by atoms with Crippen LogP contribution in [0.1, 0.15) is 33.6 Å². The molecule has 158 valence electrons. The Morgan fingerprint density at radius 1 is 1.17 bits per heavy atom. The highest BCUT2D eigenvalue weighted by Crippen LogP contribution is 2.29. The Balaban J connectivity index is 1.63. The SMILES string of the molecule is COC(=O)c1ccc(Cc2c(C)n(CCN3CC[C@H](F)C3)c3ccc(F)cc23)cc1.